The Hall–Kier alpha value is -3.15. The summed E-state index contributed by atoms with van der Waals surface area (Å²) >= 11 is 0. The van der Waals surface area contributed by atoms with E-state index in [0.29, 0.717) is 11.5 Å². The molecule has 3 heterocycles. The van der Waals surface area contributed by atoms with Crippen LogP contribution in [0.4, 0.5) is 0 Å². The molecule has 1 unspecified atom stereocenters. The zero-order valence-corrected chi connectivity index (χ0v) is 18.3. The molecule has 2 atom stereocenters. The Morgan fingerprint density at radius 1 is 1.19 bits per heavy atom. The van der Waals surface area contributed by atoms with Gasteiger partial charge in [-0.05, 0) is 59.7 Å². The number of piperidine rings is 1. The normalized spacial score (nSPS) is 24.5. The van der Waals surface area contributed by atoms with Crippen molar-refractivity contribution >= 4 is 28.0 Å². The molecule has 2 aromatic heterocycles. The summed E-state index contributed by atoms with van der Waals surface area (Å²) in [7, 11) is 0. The monoisotopic (exact) mass is 414 g/mol. The van der Waals surface area contributed by atoms with Crippen LogP contribution in [-0.2, 0) is 11.8 Å². The number of nitrogens with zero attached hydrogens (tertiary/aromatic N) is 3. The maximum atomic E-state index is 13.6. The topological polar surface area (TPSA) is 75.0 Å². The zero-order valence-electron chi connectivity index (χ0n) is 18.3. The third-order valence-corrected chi connectivity index (χ3v) is 8.14. The van der Waals surface area contributed by atoms with Crippen LogP contribution in [0.15, 0.2) is 41.1 Å². The highest BCUT2D eigenvalue weighted by Gasteiger charge is 2.57. The molecule has 1 aliphatic heterocycles. The summed E-state index contributed by atoms with van der Waals surface area (Å²) in [5.41, 5.74) is 6.78. The molecule has 31 heavy (non-hydrogen) atoms. The van der Waals surface area contributed by atoms with E-state index in [9.17, 15) is 4.79 Å². The highest BCUT2D eigenvalue weighted by Crippen LogP contribution is 2.56. The molecule has 1 N–H and O–H groups in total. The Morgan fingerprint density at radius 2 is 2.03 bits per heavy atom. The lowest BCUT2D eigenvalue weighted by molar-refractivity contribution is -0.0261. The van der Waals surface area contributed by atoms with E-state index in [2.05, 4.69) is 52.8 Å². The van der Waals surface area contributed by atoms with Crippen LogP contribution in [0.3, 0.4) is 0 Å². The fourth-order valence-electron chi connectivity index (χ4n) is 5.93. The number of oxazole rings is 1. The van der Waals surface area contributed by atoms with Gasteiger partial charge in [0.05, 0.1) is 17.4 Å². The van der Waals surface area contributed by atoms with E-state index < -0.39 is 0 Å². The third-order valence-electron chi connectivity index (χ3n) is 8.14. The first-order valence-electron chi connectivity index (χ1n) is 10.9. The van der Waals surface area contributed by atoms with Crippen LogP contribution in [0.25, 0.3) is 22.1 Å². The van der Waals surface area contributed by atoms with Gasteiger partial charge >= 0.3 is 0 Å². The number of fused-ring (bicyclic) bond motifs is 6. The number of aryl methyl sites for hydroxylation is 1. The van der Waals surface area contributed by atoms with E-state index in [0.717, 1.165) is 41.5 Å². The van der Waals surface area contributed by atoms with Gasteiger partial charge in [0, 0.05) is 30.5 Å². The number of hydrogen-bond acceptors (Lipinski definition) is 4. The molecule has 158 valence electrons. The Morgan fingerprint density at radius 3 is 2.87 bits per heavy atom. The Labute approximate surface area is 180 Å². The first-order valence-corrected chi connectivity index (χ1v) is 10.9. The largest absolute Gasteiger partial charge is 0.441 e. The number of carbonyl (C=O) groups is 1. The van der Waals surface area contributed by atoms with Gasteiger partial charge in [-0.2, -0.15) is 0 Å². The zero-order chi connectivity index (χ0) is 21.5. The van der Waals surface area contributed by atoms with Gasteiger partial charge in [-0.3, -0.25) is 4.79 Å². The summed E-state index contributed by atoms with van der Waals surface area (Å²) in [6, 6.07) is 10.2. The van der Waals surface area contributed by atoms with Crippen molar-refractivity contribution in [3.8, 4) is 0 Å². The molecule has 1 saturated heterocycles. The van der Waals surface area contributed by atoms with Crippen LogP contribution in [-0.4, -0.2) is 38.3 Å². The van der Waals surface area contributed by atoms with E-state index in [1.165, 1.54) is 11.1 Å². The second-order valence-electron chi connectivity index (χ2n) is 9.87. The van der Waals surface area contributed by atoms with E-state index >= 15 is 0 Å². The summed E-state index contributed by atoms with van der Waals surface area (Å²) in [4.78, 5) is 27.7. The van der Waals surface area contributed by atoms with Crippen molar-refractivity contribution in [1.82, 2.24) is 19.9 Å². The van der Waals surface area contributed by atoms with Gasteiger partial charge in [-0.25, -0.2) is 9.97 Å². The van der Waals surface area contributed by atoms with E-state index in [-0.39, 0.29) is 22.8 Å². The summed E-state index contributed by atoms with van der Waals surface area (Å²) in [5.74, 6) is 0.785. The van der Waals surface area contributed by atoms with Crippen LogP contribution in [0.5, 0.6) is 0 Å². The van der Waals surface area contributed by atoms with Crippen LogP contribution in [0, 0.1) is 12.3 Å². The van der Waals surface area contributed by atoms with Crippen LogP contribution in [0.1, 0.15) is 54.6 Å². The average molecular weight is 415 g/mol. The van der Waals surface area contributed by atoms with Gasteiger partial charge in [0.15, 0.2) is 11.5 Å². The Kier molecular flexibility index (Phi) is 3.58. The molecular weight excluding hydrogens is 388 g/mol. The van der Waals surface area contributed by atoms with Crippen molar-refractivity contribution in [1.29, 1.82) is 0 Å². The van der Waals surface area contributed by atoms with Gasteiger partial charge in [0.25, 0.3) is 5.91 Å². The minimum absolute atomic E-state index is 0.0313. The molecular formula is C25H26N4O2. The first kappa shape index (κ1) is 18.6. The van der Waals surface area contributed by atoms with Crippen molar-refractivity contribution in [3.63, 3.8) is 0 Å². The summed E-state index contributed by atoms with van der Waals surface area (Å²) in [6.07, 6.45) is 3.41. The molecule has 2 aromatic carbocycles. The number of rotatable bonds is 1. The first-order chi connectivity index (χ1) is 14.8. The predicted octanol–water partition coefficient (Wildman–Crippen LogP) is 4.77. The Balaban J connectivity index is 1.45. The molecule has 0 radical (unpaired) electrons. The molecule has 6 heteroatoms. The smallest absolute Gasteiger partial charge is 0.254 e. The quantitative estimate of drug-likeness (QED) is 0.487. The molecule has 1 amide bonds. The second kappa shape index (κ2) is 5.96. The number of aromatic nitrogens is 3. The predicted molar refractivity (Wildman–Crippen MR) is 119 cm³/mol. The van der Waals surface area contributed by atoms with Crippen molar-refractivity contribution in [3.05, 3.63) is 59.2 Å². The average Bonchev–Trinajstić information content (AvgIpc) is 3.33. The van der Waals surface area contributed by atoms with E-state index in [1.54, 1.807) is 6.33 Å². The molecule has 2 aliphatic rings. The highest BCUT2D eigenvalue weighted by atomic mass is 16.3. The number of hydrogen-bond donors (Lipinski definition) is 1. The maximum absolute atomic E-state index is 13.6. The minimum atomic E-state index is -0.0710. The number of benzene rings is 2. The number of carbonyl (C=O) groups excluding carboxylic acids is 1. The van der Waals surface area contributed by atoms with E-state index in [1.807, 2.05) is 25.1 Å². The van der Waals surface area contributed by atoms with Crippen LogP contribution in [0.2, 0.25) is 0 Å². The number of H-pyrrole nitrogens is 1. The SMILES string of the molecule is Cc1nc2cc3c(cc2o1)CC1N(C(=O)c2ccc4nc[nH]c4c2)CC[C@]3(C)C1(C)C. The number of amides is 1. The molecule has 6 nitrogen and oxygen atoms in total. The highest BCUT2D eigenvalue weighted by molar-refractivity contribution is 5.97. The number of imidazole rings is 1. The van der Waals surface area contributed by atoms with Crippen molar-refractivity contribution in [2.45, 2.75) is 52.0 Å². The number of likely N-dealkylation sites (tertiary alicyclic amines) is 1. The lowest BCUT2D eigenvalue weighted by Crippen LogP contribution is -2.64. The summed E-state index contributed by atoms with van der Waals surface area (Å²) < 4.78 is 5.82. The Bertz CT molecular complexity index is 1360. The van der Waals surface area contributed by atoms with E-state index in [4.69, 9.17) is 4.42 Å². The minimum Gasteiger partial charge on any atom is -0.441 e. The van der Waals surface area contributed by atoms with Crippen molar-refractivity contribution < 1.29 is 9.21 Å². The lowest BCUT2D eigenvalue weighted by atomic mass is 9.51. The van der Waals surface area contributed by atoms with Gasteiger partial charge in [0.1, 0.15) is 5.52 Å². The summed E-state index contributed by atoms with van der Waals surface area (Å²) in [5, 5.41) is 0. The molecule has 6 rings (SSSR count). The fourth-order valence-corrected chi connectivity index (χ4v) is 5.93. The summed E-state index contributed by atoms with van der Waals surface area (Å²) in [6.45, 7) is 9.63. The fraction of sp³-hybridized carbons (Fsp3) is 0.400. The van der Waals surface area contributed by atoms with Gasteiger partial charge < -0.3 is 14.3 Å². The van der Waals surface area contributed by atoms with Gasteiger partial charge in [0.2, 0.25) is 0 Å². The van der Waals surface area contributed by atoms with Crippen molar-refractivity contribution in [2.75, 3.05) is 6.54 Å². The van der Waals surface area contributed by atoms with Crippen LogP contribution < -0.4 is 0 Å². The van der Waals surface area contributed by atoms with Gasteiger partial charge in [-0.15, -0.1) is 0 Å². The molecule has 0 spiro atoms. The third kappa shape index (κ3) is 2.42. The maximum Gasteiger partial charge on any atom is 0.254 e. The van der Waals surface area contributed by atoms with Crippen LogP contribution >= 0.6 is 0 Å². The molecule has 1 aliphatic carbocycles. The molecule has 4 aromatic rings. The van der Waals surface area contributed by atoms with Crippen molar-refractivity contribution in [2.24, 2.45) is 5.41 Å². The number of nitrogens with one attached hydrogen (secondary N) is 1. The second-order valence-corrected chi connectivity index (χ2v) is 9.87. The number of aromatic amines is 1. The lowest BCUT2D eigenvalue weighted by Gasteiger charge is -2.60. The standard InChI is InChI=1S/C25H26N4O2/c1-14-28-20-12-17-16(10-21(20)31-14)11-22-24(2,3)25(17,4)7-8-29(22)23(30)15-5-6-18-19(9-15)27-13-26-18/h5-6,9-10,12-13,22H,7-8,11H2,1-4H3,(H,26,27)/t22?,25-/m0/s1. The molecule has 1 fully saturated rings. The molecule has 2 bridgehead atoms. The van der Waals surface area contributed by atoms with Gasteiger partial charge in [-0.1, -0.05) is 20.8 Å². The molecule has 0 saturated carbocycles.